The molecule has 1 heterocycles. The van der Waals surface area contributed by atoms with E-state index in [1.54, 1.807) is 12.4 Å². The first-order valence-electron chi connectivity index (χ1n) is 5.49. The van der Waals surface area contributed by atoms with E-state index in [9.17, 15) is 4.79 Å². The van der Waals surface area contributed by atoms with Crippen LogP contribution in [-0.2, 0) is 11.3 Å². The van der Waals surface area contributed by atoms with Crippen molar-refractivity contribution >= 4 is 5.91 Å². The molecule has 0 spiro atoms. The molecule has 0 aliphatic carbocycles. The SMILES string of the molecule is Cc1cnccc1CNC(=O)CC(C)CN. The maximum atomic E-state index is 11.5. The maximum Gasteiger partial charge on any atom is 0.220 e. The number of nitrogens with one attached hydrogen (secondary N) is 1. The summed E-state index contributed by atoms with van der Waals surface area (Å²) < 4.78 is 0. The lowest BCUT2D eigenvalue weighted by atomic mass is 10.1. The number of rotatable bonds is 5. The molecule has 0 fully saturated rings. The van der Waals surface area contributed by atoms with Gasteiger partial charge in [-0.25, -0.2) is 0 Å². The first kappa shape index (κ1) is 12.6. The number of nitrogens with zero attached hydrogens (tertiary/aromatic N) is 1. The van der Waals surface area contributed by atoms with Crippen LogP contribution in [0.25, 0.3) is 0 Å². The number of hydrogen-bond acceptors (Lipinski definition) is 3. The molecule has 0 saturated heterocycles. The number of nitrogens with two attached hydrogens (primary N) is 1. The highest BCUT2D eigenvalue weighted by molar-refractivity contribution is 5.76. The number of hydrogen-bond donors (Lipinski definition) is 2. The molecule has 0 bridgehead atoms. The Hall–Kier alpha value is -1.42. The van der Waals surface area contributed by atoms with Crippen LogP contribution in [0.2, 0.25) is 0 Å². The van der Waals surface area contributed by atoms with Gasteiger partial charge >= 0.3 is 0 Å². The van der Waals surface area contributed by atoms with Crippen LogP contribution >= 0.6 is 0 Å². The molecule has 1 aromatic rings. The van der Waals surface area contributed by atoms with E-state index in [2.05, 4.69) is 10.3 Å². The van der Waals surface area contributed by atoms with Gasteiger partial charge in [0.1, 0.15) is 0 Å². The van der Waals surface area contributed by atoms with Crippen molar-refractivity contribution in [3.05, 3.63) is 29.6 Å². The van der Waals surface area contributed by atoms with Gasteiger partial charge in [-0.15, -0.1) is 0 Å². The molecule has 0 radical (unpaired) electrons. The summed E-state index contributed by atoms with van der Waals surface area (Å²) in [4.78, 5) is 15.5. The molecular weight excluding hydrogens is 202 g/mol. The van der Waals surface area contributed by atoms with E-state index >= 15 is 0 Å². The van der Waals surface area contributed by atoms with Crippen LogP contribution in [-0.4, -0.2) is 17.4 Å². The number of aromatic nitrogens is 1. The van der Waals surface area contributed by atoms with Gasteiger partial charge in [0.15, 0.2) is 0 Å². The highest BCUT2D eigenvalue weighted by Crippen LogP contribution is 2.05. The van der Waals surface area contributed by atoms with Gasteiger partial charge in [-0.3, -0.25) is 9.78 Å². The molecule has 0 aromatic carbocycles. The third kappa shape index (κ3) is 3.98. The van der Waals surface area contributed by atoms with Crippen molar-refractivity contribution in [2.75, 3.05) is 6.54 Å². The van der Waals surface area contributed by atoms with Gasteiger partial charge in [-0.2, -0.15) is 0 Å². The summed E-state index contributed by atoms with van der Waals surface area (Å²) in [6.07, 6.45) is 4.02. The van der Waals surface area contributed by atoms with E-state index in [1.807, 2.05) is 19.9 Å². The minimum Gasteiger partial charge on any atom is -0.352 e. The second-order valence-corrected chi connectivity index (χ2v) is 4.12. The largest absolute Gasteiger partial charge is 0.352 e. The predicted octanol–water partition coefficient (Wildman–Crippen LogP) is 0.991. The molecule has 0 saturated carbocycles. The first-order valence-corrected chi connectivity index (χ1v) is 5.49. The van der Waals surface area contributed by atoms with E-state index in [-0.39, 0.29) is 11.8 Å². The van der Waals surface area contributed by atoms with Crippen molar-refractivity contribution in [3.63, 3.8) is 0 Å². The van der Waals surface area contributed by atoms with Crippen molar-refractivity contribution in [1.82, 2.24) is 10.3 Å². The number of carbonyl (C=O) groups excluding carboxylic acids is 1. The fourth-order valence-corrected chi connectivity index (χ4v) is 1.37. The fraction of sp³-hybridized carbons (Fsp3) is 0.500. The third-order valence-corrected chi connectivity index (χ3v) is 2.55. The standard InChI is InChI=1S/C12H19N3O/c1-9(6-13)5-12(16)15-8-11-3-4-14-7-10(11)2/h3-4,7,9H,5-6,8,13H2,1-2H3,(H,15,16). The van der Waals surface area contributed by atoms with Gasteiger partial charge in [0.25, 0.3) is 0 Å². The molecule has 4 nitrogen and oxygen atoms in total. The van der Waals surface area contributed by atoms with Crippen LogP contribution in [0, 0.1) is 12.8 Å². The first-order chi connectivity index (χ1) is 7.63. The summed E-state index contributed by atoms with van der Waals surface area (Å²) >= 11 is 0. The number of pyridine rings is 1. The summed E-state index contributed by atoms with van der Waals surface area (Å²) in [7, 11) is 0. The molecule has 3 N–H and O–H groups in total. The monoisotopic (exact) mass is 221 g/mol. The van der Waals surface area contributed by atoms with Crippen molar-refractivity contribution in [2.24, 2.45) is 11.7 Å². The quantitative estimate of drug-likeness (QED) is 0.779. The predicted molar refractivity (Wildman–Crippen MR) is 63.7 cm³/mol. The smallest absolute Gasteiger partial charge is 0.220 e. The Balaban J connectivity index is 2.40. The molecule has 1 amide bonds. The van der Waals surface area contributed by atoms with E-state index in [0.717, 1.165) is 11.1 Å². The van der Waals surface area contributed by atoms with Crippen molar-refractivity contribution in [1.29, 1.82) is 0 Å². The lowest BCUT2D eigenvalue weighted by molar-refractivity contribution is -0.122. The molecule has 0 aliphatic rings. The summed E-state index contributed by atoms with van der Waals surface area (Å²) in [6.45, 7) is 5.06. The van der Waals surface area contributed by atoms with Gasteiger partial charge < -0.3 is 11.1 Å². The molecule has 1 unspecified atom stereocenters. The zero-order valence-electron chi connectivity index (χ0n) is 9.86. The Bertz CT molecular complexity index is 352. The van der Waals surface area contributed by atoms with Gasteiger partial charge in [-0.1, -0.05) is 6.92 Å². The average molecular weight is 221 g/mol. The summed E-state index contributed by atoms with van der Waals surface area (Å²) in [6, 6.07) is 1.92. The van der Waals surface area contributed by atoms with E-state index in [4.69, 9.17) is 5.73 Å². The summed E-state index contributed by atoms with van der Waals surface area (Å²) in [5, 5.41) is 2.88. The number of carbonyl (C=O) groups is 1. The zero-order chi connectivity index (χ0) is 12.0. The number of amides is 1. The minimum absolute atomic E-state index is 0.0502. The van der Waals surface area contributed by atoms with Gasteiger partial charge in [-0.05, 0) is 36.6 Å². The van der Waals surface area contributed by atoms with E-state index in [0.29, 0.717) is 19.5 Å². The van der Waals surface area contributed by atoms with Crippen LogP contribution < -0.4 is 11.1 Å². The maximum absolute atomic E-state index is 11.5. The molecule has 1 aromatic heterocycles. The van der Waals surface area contributed by atoms with Crippen LogP contribution in [0.4, 0.5) is 0 Å². The normalized spacial score (nSPS) is 12.2. The summed E-state index contributed by atoms with van der Waals surface area (Å²) in [5.74, 6) is 0.285. The Kier molecular flexibility index (Phi) is 4.92. The van der Waals surface area contributed by atoms with E-state index < -0.39 is 0 Å². The van der Waals surface area contributed by atoms with Gasteiger partial charge in [0.2, 0.25) is 5.91 Å². The lowest BCUT2D eigenvalue weighted by Gasteiger charge is -2.10. The molecule has 4 heteroatoms. The topological polar surface area (TPSA) is 68.0 Å². The Labute approximate surface area is 96.3 Å². The molecule has 0 aliphatic heterocycles. The lowest BCUT2D eigenvalue weighted by Crippen LogP contribution is -2.27. The molecule has 88 valence electrons. The fourth-order valence-electron chi connectivity index (χ4n) is 1.37. The Morgan fingerprint density at radius 3 is 3.00 bits per heavy atom. The second kappa shape index (κ2) is 6.23. The Morgan fingerprint density at radius 2 is 2.38 bits per heavy atom. The minimum atomic E-state index is 0.0502. The molecule has 16 heavy (non-hydrogen) atoms. The van der Waals surface area contributed by atoms with Crippen molar-refractivity contribution < 1.29 is 4.79 Å². The van der Waals surface area contributed by atoms with Crippen LogP contribution in [0.1, 0.15) is 24.5 Å². The summed E-state index contributed by atoms with van der Waals surface area (Å²) in [5.41, 5.74) is 7.66. The third-order valence-electron chi connectivity index (χ3n) is 2.55. The molecule has 1 rings (SSSR count). The van der Waals surface area contributed by atoms with Gasteiger partial charge in [0.05, 0.1) is 0 Å². The highest BCUT2D eigenvalue weighted by Gasteiger charge is 2.07. The van der Waals surface area contributed by atoms with E-state index in [1.165, 1.54) is 0 Å². The molecule has 1 atom stereocenters. The second-order valence-electron chi connectivity index (χ2n) is 4.12. The van der Waals surface area contributed by atoms with Crippen molar-refractivity contribution in [2.45, 2.75) is 26.8 Å². The van der Waals surface area contributed by atoms with Gasteiger partial charge in [0, 0.05) is 25.4 Å². The van der Waals surface area contributed by atoms with Crippen LogP contribution in [0.15, 0.2) is 18.5 Å². The number of aryl methyl sites for hydroxylation is 1. The van der Waals surface area contributed by atoms with Crippen LogP contribution in [0.5, 0.6) is 0 Å². The van der Waals surface area contributed by atoms with Crippen LogP contribution in [0.3, 0.4) is 0 Å². The van der Waals surface area contributed by atoms with Crippen molar-refractivity contribution in [3.8, 4) is 0 Å². The molecular formula is C12H19N3O. The zero-order valence-corrected chi connectivity index (χ0v) is 9.86. The Morgan fingerprint density at radius 1 is 1.62 bits per heavy atom. The highest BCUT2D eigenvalue weighted by atomic mass is 16.1. The average Bonchev–Trinajstić information content (AvgIpc) is 2.28.